The van der Waals surface area contributed by atoms with Crippen LogP contribution in [0.2, 0.25) is 0 Å². The number of nitrogens with zero attached hydrogens (tertiary/aromatic N) is 2. The number of amides is 1. The van der Waals surface area contributed by atoms with Gasteiger partial charge in [0.15, 0.2) is 0 Å². The third-order valence-corrected chi connectivity index (χ3v) is 3.26. The highest BCUT2D eigenvalue weighted by molar-refractivity contribution is 5.84. The molecular weight excluding hydrogens is 262 g/mol. The highest BCUT2D eigenvalue weighted by Crippen LogP contribution is 2.31. The number of nitrogens with one attached hydrogen (secondary N) is 2. The summed E-state index contributed by atoms with van der Waals surface area (Å²) >= 11 is 0. The van der Waals surface area contributed by atoms with E-state index in [-0.39, 0.29) is 29.5 Å². The Labute approximate surface area is 116 Å². The van der Waals surface area contributed by atoms with E-state index < -0.39 is 4.92 Å². The monoisotopic (exact) mass is 279 g/mol. The van der Waals surface area contributed by atoms with Gasteiger partial charge in [-0.3, -0.25) is 20.8 Å². The van der Waals surface area contributed by atoms with Gasteiger partial charge in [0.1, 0.15) is 11.4 Å². The van der Waals surface area contributed by atoms with E-state index in [1.54, 1.807) is 17.0 Å². The third kappa shape index (κ3) is 2.97. The molecule has 0 radical (unpaired) electrons. The fraction of sp³-hybridized carbons (Fsp3) is 0.417. The van der Waals surface area contributed by atoms with Crippen molar-refractivity contribution < 1.29 is 9.72 Å². The van der Waals surface area contributed by atoms with Crippen molar-refractivity contribution in [3.05, 3.63) is 28.3 Å². The van der Waals surface area contributed by atoms with Crippen LogP contribution in [0.1, 0.15) is 12.8 Å². The lowest BCUT2D eigenvalue weighted by molar-refractivity contribution is -0.383. The number of hydrazine groups is 1. The molecule has 0 atom stereocenters. The Balaban J connectivity index is 2.09. The molecule has 1 fully saturated rings. The van der Waals surface area contributed by atoms with Gasteiger partial charge in [0.25, 0.3) is 0 Å². The Morgan fingerprint density at radius 3 is 2.60 bits per heavy atom. The van der Waals surface area contributed by atoms with Gasteiger partial charge in [-0.1, -0.05) is 6.07 Å². The van der Waals surface area contributed by atoms with Crippen LogP contribution in [0.3, 0.4) is 0 Å². The summed E-state index contributed by atoms with van der Waals surface area (Å²) in [4.78, 5) is 24.2. The molecule has 108 valence electrons. The van der Waals surface area contributed by atoms with E-state index in [1.807, 2.05) is 0 Å². The standard InChI is InChI=1S/C12H17N5O3/c13-15-10-5-3-4-9(12(10)17(19)20)14-8-11(18)16-6-1-2-7-16/h3-5,14-15H,1-2,6-8,13H2. The maximum atomic E-state index is 11.9. The van der Waals surface area contributed by atoms with Gasteiger partial charge in [-0.2, -0.15) is 0 Å². The lowest BCUT2D eigenvalue weighted by atomic mass is 10.2. The predicted molar refractivity (Wildman–Crippen MR) is 75.2 cm³/mol. The molecule has 1 aromatic carbocycles. The van der Waals surface area contributed by atoms with E-state index in [9.17, 15) is 14.9 Å². The number of para-hydroxylation sites is 1. The summed E-state index contributed by atoms with van der Waals surface area (Å²) in [5.41, 5.74) is 2.60. The molecule has 1 aromatic rings. The van der Waals surface area contributed by atoms with Crippen molar-refractivity contribution >= 4 is 23.0 Å². The number of carbonyl (C=O) groups is 1. The first-order chi connectivity index (χ1) is 9.63. The van der Waals surface area contributed by atoms with Crippen LogP contribution in [0.15, 0.2) is 18.2 Å². The number of nitrogens with two attached hydrogens (primary N) is 1. The van der Waals surface area contributed by atoms with E-state index >= 15 is 0 Å². The van der Waals surface area contributed by atoms with E-state index in [0.717, 1.165) is 25.9 Å². The first-order valence-corrected chi connectivity index (χ1v) is 6.39. The zero-order valence-electron chi connectivity index (χ0n) is 11.0. The molecule has 1 aliphatic heterocycles. The average Bonchev–Trinajstić information content (AvgIpc) is 2.98. The summed E-state index contributed by atoms with van der Waals surface area (Å²) in [7, 11) is 0. The minimum absolute atomic E-state index is 0.0366. The van der Waals surface area contributed by atoms with E-state index in [2.05, 4.69) is 10.7 Å². The van der Waals surface area contributed by atoms with Crippen molar-refractivity contribution in [2.75, 3.05) is 30.4 Å². The van der Waals surface area contributed by atoms with E-state index in [0.29, 0.717) is 0 Å². The molecule has 0 aliphatic carbocycles. The molecule has 20 heavy (non-hydrogen) atoms. The quantitative estimate of drug-likeness (QED) is 0.419. The van der Waals surface area contributed by atoms with Crippen molar-refractivity contribution in [1.29, 1.82) is 0 Å². The number of nitro benzene ring substituents is 1. The molecule has 8 heteroatoms. The highest BCUT2D eigenvalue weighted by atomic mass is 16.6. The summed E-state index contributed by atoms with van der Waals surface area (Å²) in [6.45, 7) is 1.55. The molecule has 0 bridgehead atoms. The Morgan fingerprint density at radius 2 is 2.00 bits per heavy atom. The minimum Gasteiger partial charge on any atom is -0.370 e. The third-order valence-electron chi connectivity index (χ3n) is 3.26. The van der Waals surface area contributed by atoms with Crippen molar-refractivity contribution in [1.82, 2.24) is 4.90 Å². The zero-order valence-corrected chi connectivity index (χ0v) is 11.0. The molecule has 0 spiro atoms. The van der Waals surface area contributed by atoms with Crippen LogP contribution in [0.25, 0.3) is 0 Å². The van der Waals surface area contributed by atoms with E-state index in [4.69, 9.17) is 5.84 Å². The number of carbonyl (C=O) groups excluding carboxylic acids is 1. The lowest BCUT2D eigenvalue weighted by Crippen LogP contribution is -2.33. The zero-order chi connectivity index (χ0) is 14.5. The minimum atomic E-state index is -0.530. The van der Waals surface area contributed by atoms with Gasteiger partial charge in [0.05, 0.1) is 11.5 Å². The van der Waals surface area contributed by atoms with Gasteiger partial charge in [0.2, 0.25) is 5.91 Å². The smallest absolute Gasteiger partial charge is 0.316 e. The average molecular weight is 279 g/mol. The second kappa shape index (κ2) is 6.20. The van der Waals surface area contributed by atoms with Gasteiger partial charge in [0, 0.05) is 13.1 Å². The topological polar surface area (TPSA) is 114 Å². The first-order valence-electron chi connectivity index (χ1n) is 6.39. The maximum Gasteiger partial charge on any atom is 0.316 e. The summed E-state index contributed by atoms with van der Waals surface area (Å²) in [5.74, 6) is 5.20. The summed E-state index contributed by atoms with van der Waals surface area (Å²) in [5, 5.41) is 13.9. The Bertz CT molecular complexity index is 514. The van der Waals surface area contributed by atoms with Gasteiger partial charge in [-0.05, 0) is 25.0 Å². The molecule has 0 saturated carbocycles. The van der Waals surface area contributed by atoms with Crippen LogP contribution < -0.4 is 16.6 Å². The van der Waals surface area contributed by atoms with Crippen molar-refractivity contribution in [3.63, 3.8) is 0 Å². The number of anilines is 2. The van der Waals surface area contributed by atoms with Gasteiger partial charge in [-0.25, -0.2) is 0 Å². The predicted octanol–water partition coefficient (Wildman–Crippen LogP) is 0.915. The number of rotatable bonds is 5. The normalized spacial score (nSPS) is 14.2. The van der Waals surface area contributed by atoms with Crippen LogP contribution in [-0.2, 0) is 4.79 Å². The summed E-state index contributed by atoms with van der Waals surface area (Å²) in [6.07, 6.45) is 2.02. The lowest BCUT2D eigenvalue weighted by Gasteiger charge is -2.16. The number of nitrogen functional groups attached to an aromatic ring is 1. The molecule has 2 rings (SSSR count). The fourth-order valence-corrected chi connectivity index (χ4v) is 2.25. The van der Waals surface area contributed by atoms with Gasteiger partial charge >= 0.3 is 5.69 Å². The number of nitro groups is 1. The van der Waals surface area contributed by atoms with Crippen molar-refractivity contribution in [2.45, 2.75) is 12.8 Å². The molecule has 1 amide bonds. The first kappa shape index (κ1) is 14.1. The molecule has 1 aliphatic rings. The largest absolute Gasteiger partial charge is 0.370 e. The Kier molecular flexibility index (Phi) is 4.36. The molecule has 0 aromatic heterocycles. The molecule has 8 nitrogen and oxygen atoms in total. The Hall–Kier alpha value is -2.35. The van der Waals surface area contributed by atoms with Crippen LogP contribution in [0, 0.1) is 10.1 Å². The number of hydrogen-bond donors (Lipinski definition) is 3. The number of likely N-dealkylation sites (tertiary alicyclic amines) is 1. The molecule has 0 unspecified atom stereocenters. The number of hydrogen-bond acceptors (Lipinski definition) is 6. The van der Waals surface area contributed by atoms with Crippen LogP contribution in [0.4, 0.5) is 17.1 Å². The van der Waals surface area contributed by atoms with Crippen molar-refractivity contribution in [3.8, 4) is 0 Å². The molecule has 1 heterocycles. The maximum absolute atomic E-state index is 11.9. The van der Waals surface area contributed by atoms with Gasteiger partial charge in [-0.15, -0.1) is 0 Å². The Morgan fingerprint density at radius 1 is 1.35 bits per heavy atom. The van der Waals surface area contributed by atoms with Gasteiger partial charge < -0.3 is 15.6 Å². The SMILES string of the molecule is NNc1cccc(NCC(=O)N2CCCC2)c1[N+](=O)[O-]. The highest BCUT2D eigenvalue weighted by Gasteiger charge is 2.21. The molecule has 1 saturated heterocycles. The number of benzene rings is 1. The van der Waals surface area contributed by atoms with Crippen LogP contribution >= 0.6 is 0 Å². The molecular formula is C12H17N5O3. The summed E-state index contributed by atoms with van der Waals surface area (Å²) in [6, 6.07) is 4.69. The molecule has 4 N–H and O–H groups in total. The summed E-state index contributed by atoms with van der Waals surface area (Å²) < 4.78 is 0. The van der Waals surface area contributed by atoms with Crippen LogP contribution in [0.5, 0.6) is 0 Å². The fourth-order valence-electron chi connectivity index (χ4n) is 2.25. The second-order valence-electron chi connectivity index (χ2n) is 4.54. The van der Waals surface area contributed by atoms with Crippen LogP contribution in [-0.4, -0.2) is 35.4 Å². The van der Waals surface area contributed by atoms with E-state index in [1.165, 1.54) is 6.07 Å². The van der Waals surface area contributed by atoms with Crippen molar-refractivity contribution in [2.24, 2.45) is 5.84 Å². The second-order valence-corrected chi connectivity index (χ2v) is 4.54.